The van der Waals surface area contributed by atoms with Crippen molar-refractivity contribution in [1.29, 1.82) is 0 Å². The molecule has 10 nitrogen and oxygen atoms in total. The van der Waals surface area contributed by atoms with E-state index in [9.17, 15) is 24.5 Å². The number of benzene rings is 1. The van der Waals surface area contributed by atoms with Crippen LogP contribution in [0.3, 0.4) is 0 Å². The second kappa shape index (κ2) is 10.0. The van der Waals surface area contributed by atoms with Gasteiger partial charge in [-0.2, -0.15) is 0 Å². The first kappa shape index (κ1) is 22.2. The van der Waals surface area contributed by atoms with Gasteiger partial charge in [0.15, 0.2) is 6.61 Å². The molecule has 0 unspecified atom stereocenters. The number of nitro benzene ring substituents is 1. The first-order valence-electron chi connectivity index (χ1n) is 9.68. The van der Waals surface area contributed by atoms with Crippen molar-refractivity contribution < 1.29 is 24.0 Å². The molecule has 1 aromatic heterocycles. The van der Waals surface area contributed by atoms with Gasteiger partial charge in [0.05, 0.1) is 15.4 Å². The molecule has 0 bridgehead atoms. The Bertz CT molecular complexity index is 978. The molecule has 1 aromatic carbocycles. The number of nitrogens with one attached hydrogen (secondary N) is 2. The van der Waals surface area contributed by atoms with Crippen LogP contribution >= 0.6 is 11.3 Å². The molecule has 1 aliphatic heterocycles. The number of esters is 1. The van der Waals surface area contributed by atoms with Crippen molar-refractivity contribution in [3.8, 4) is 0 Å². The van der Waals surface area contributed by atoms with Gasteiger partial charge in [-0.1, -0.05) is 13.0 Å². The average molecular weight is 446 g/mol. The van der Waals surface area contributed by atoms with E-state index in [2.05, 4.69) is 17.8 Å². The minimum Gasteiger partial charge on any atom is -0.452 e. The number of carbonyl (C=O) groups excluding carboxylic acids is 3. The molecular weight excluding hydrogens is 424 g/mol. The van der Waals surface area contributed by atoms with Crippen LogP contribution in [0.4, 0.5) is 11.4 Å². The fraction of sp³-hybridized carbons (Fsp3) is 0.350. The van der Waals surface area contributed by atoms with E-state index in [-0.39, 0.29) is 11.3 Å². The van der Waals surface area contributed by atoms with Crippen LogP contribution < -0.4 is 15.8 Å². The van der Waals surface area contributed by atoms with E-state index >= 15 is 0 Å². The quantitative estimate of drug-likeness (QED) is 0.396. The Morgan fingerprint density at radius 3 is 2.77 bits per heavy atom. The Labute approximate surface area is 182 Å². The fourth-order valence-electron chi connectivity index (χ4n) is 3.32. The zero-order valence-corrected chi connectivity index (χ0v) is 17.6. The fourth-order valence-corrected chi connectivity index (χ4v) is 3.94. The van der Waals surface area contributed by atoms with E-state index in [1.807, 2.05) is 4.90 Å². The molecule has 2 heterocycles. The Morgan fingerprint density at radius 2 is 2.10 bits per heavy atom. The van der Waals surface area contributed by atoms with E-state index in [0.717, 1.165) is 18.9 Å². The molecule has 3 rings (SSSR count). The van der Waals surface area contributed by atoms with Gasteiger partial charge in [-0.3, -0.25) is 30.6 Å². The summed E-state index contributed by atoms with van der Waals surface area (Å²) in [6.07, 6.45) is 2.02. The summed E-state index contributed by atoms with van der Waals surface area (Å²) in [6, 6.07) is 7.43. The second-order valence-electron chi connectivity index (χ2n) is 7.21. The van der Waals surface area contributed by atoms with Crippen LogP contribution in [0.1, 0.15) is 39.8 Å². The summed E-state index contributed by atoms with van der Waals surface area (Å²) in [7, 11) is 0. The molecule has 0 aliphatic carbocycles. The number of hydrogen-bond donors (Lipinski definition) is 2. The van der Waals surface area contributed by atoms with Crippen LogP contribution in [-0.4, -0.2) is 42.4 Å². The Balaban J connectivity index is 1.58. The minimum absolute atomic E-state index is 0.0315. The molecule has 164 valence electrons. The lowest BCUT2D eigenvalue weighted by Gasteiger charge is -2.32. The maximum Gasteiger partial charge on any atom is 0.338 e. The summed E-state index contributed by atoms with van der Waals surface area (Å²) in [5, 5.41) is 13.3. The number of rotatable bonds is 6. The Morgan fingerprint density at radius 1 is 1.29 bits per heavy atom. The number of nitro groups is 1. The molecule has 1 atom stereocenters. The third-order valence-corrected chi connectivity index (χ3v) is 5.67. The van der Waals surface area contributed by atoms with E-state index < -0.39 is 29.3 Å². The number of nitrogens with zero attached hydrogens (tertiary/aromatic N) is 2. The Hall–Kier alpha value is -3.47. The molecule has 31 heavy (non-hydrogen) atoms. The van der Waals surface area contributed by atoms with Crippen LogP contribution in [0.15, 0.2) is 35.7 Å². The van der Waals surface area contributed by atoms with Gasteiger partial charge in [0.1, 0.15) is 5.69 Å². The third-order valence-electron chi connectivity index (χ3n) is 4.80. The Kier molecular flexibility index (Phi) is 7.19. The summed E-state index contributed by atoms with van der Waals surface area (Å²) in [5.41, 5.74) is 4.59. The van der Waals surface area contributed by atoms with Gasteiger partial charge in [0, 0.05) is 19.2 Å². The lowest BCUT2D eigenvalue weighted by Crippen LogP contribution is -2.43. The average Bonchev–Trinajstić information content (AvgIpc) is 3.30. The van der Waals surface area contributed by atoms with Gasteiger partial charge >= 0.3 is 5.97 Å². The standard InChI is InChI=1S/C20H22N4O6S/c1-13-4-2-8-23(11-13)15-7-6-14(10-16(15)24(28)29)20(27)30-12-18(25)21-22-19(26)17-5-3-9-31-17/h3,5-7,9-10,13H,2,4,8,11-12H2,1H3,(H,21,25)(H,22,26)/t13-/m1/s1. The molecule has 1 fully saturated rings. The van der Waals surface area contributed by atoms with Crippen molar-refractivity contribution in [1.82, 2.24) is 10.9 Å². The van der Waals surface area contributed by atoms with Gasteiger partial charge < -0.3 is 9.64 Å². The van der Waals surface area contributed by atoms with Gasteiger partial charge in [-0.15, -0.1) is 11.3 Å². The number of thiophene rings is 1. The molecule has 1 saturated heterocycles. The predicted octanol–water partition coefficient (Wildman–Crippen LogP) is 2.51. The van der Waals surface area contributed by atoms with E-state index in [0.29, 0.717) is 29.6 Å². The maximum absolute atomic E-state index is 12.3. The molecule has 0 spiro atoms. The summed E-state index contributed by atoms with van der Waals surface area (Å²) < 4.78 is 4.91. The number of carbonyl (C=O) groups is 3. The summed E-state index contributed by atoms with van der Waals surface area (Å²) in [6.45, 7) is 2.87. The summed E-state index contributed by atoms with van der Waals surface area (Å²) in [4.78, 5) is 49.2. The summed E-state index contributed by atoms with van der Waals surface area (Å²) >= 11 is 1.21. The minimum atomic E-state index is -0.874. The highest BCUT2D eigenvalue weighted by Gasteiger charge is 2.25. The lowest BCUT2D eigenvalue weighted by atomic mass is 9.99. The first-order chi connectivity index (χ1) is 14.8. The van der Waals surface area contributed by atoms with Gasteiger partial charge in [-0.25, -0.2) is 4.79 Å². The highest BCUT2D eigenvalue weighted by molar-refractivity contribution is 7.12. The zero-order chi connectivity index (χ0) is 22.4. The number of hydrogen-bond acceptors (Lipinski definition) is 8. The molecule has 1 aliphatic rings. The van der Waals surface area contributed by atoms with E-state index in [1.54, 1.807) is 17.5 Å². The zero-order valence-electron chi connectivity index (χ0n) is 16.8. The van der Waals surface area contributed by atoms with Gasteiger partial charge in [0.2, 0.25) is 0 Å². The lowest BCUT2D eigenvalue weighted by molar-refractivity contribution is -0.384. The van der Waals surface area contributed by atoms with Crippen molar-refractivity contribution in [2.24, 2.45) is 5.92 Å². The van der Waals surface area contributed by atoms with Crippen LogP contribution in [0.2, 0.25) is 0 Å². The largest absolute Gasteiger partial charge is 0.452 e. The van der Waals surface area contributed by atoms with E-state index in [1.165, 1.54) is 23.5 Å². The molecule has 11 heteroatoms. The molecule has 2 amide bonds. The number of ether oxygens (including phenoxy) is 1. The molecule has 2 N–H and O–H groups in total. The number of hydrazine groups is 1. The van der Waals surface area contributed by atoms with Crippen molar-refractivity contribution in [3.63, 3.8) is 0 Å². The van der Waals surface area contributed by atoms with Crippen molar-refractivity contribution in [2.75, 3.05) is 24.6 Å². The van der Waals surface area contributed by atoms with Crippen LogP contribution in [0.25, 0.3) is 0 Å². The SMILES string of the molecule is C[C@@H]1CCCN(c2ccc(C(=O)OCC(=O)NNC(=O)c3cccs3)cc2[N+](=O)[O-])C1. The monoisotopic (exact) mass is 446 g/mol. The summed E-state index contributed by atoms with van der Waals surface area (Å²) in [5.74, 6) is -1.68. The normalized spacial score (nSPS) is 15.8. The van der Waals surface area contributed by atoms with Crippen molar-refractivity contribution in [3.05, 3.63) is 56.3 Å². The maximum atomic E-state index is 12.3. The van der Waals surface area contributed by atoms with Crippen LogP contribution in [0, 0.1) is 16.0 Å². The smallest absolute Gasteiger partial charge is 0.338 e. The third kappa shape index (κ3) is 5.79. The van der Waals surface area contributed by atoms with E-state index in [4.69, 9.17) is 4.74 Å². The van der Waals surface area contributed by atoms with Crippen molar-refractivity contribution in [2.45, 2.75) is 19.8 Å². The highest BCUT2D eigenvalue weighted by Crippen LogP contribution is 2.32. The first-order valence-corrected chi connectivity index (χ1v) is 10.6. The second-order valence-corrected chi connectivity index (χ2v) is 8.16. The molecule has 2 aromatic rings. The number of piperidine rings is 1. The van der Waals surface area contributed by atoms with Crippen LogP contribution in [0.5, 0.6) is 0 Å². The highest BCUT2D eigenvalue weighted by atomic mass is 32.1. The molecular formula is C20H22N4O6S. The number of anilines is 1. The van der Waals surface area contributed by atoms with Crippen LogP contribution in [-0.2, 0) is 9.53 Å². The number of amides is 2. The molecule has 0 radical (unpaired) electrons. The van der Waals surface area contributed by atoms with Gasteiger partial charge in [-0.05, 0) is 42.3 Å². The van der Waals surface area contributed by atoms with Crippen molar-refractivity contribution >= 4 is 40.5 Å². The molecule has 0 saturated carbocycles. The predicted molar refractivity (Wildman–Crippen MR) is 114 cm³/mol. The topological polar surface area (TPSA) is 131 Å². The van der Waals surface area contributed by atoms with Gasteiger partial charge in [0.25, 0.3) is 17.5 Å².